The molecule has 1 N–H and O–H groups in total. The summed E-state index contributed by atoms with van der Waals surface area (Å²) in [7, 11) is 0. The number of hydrogen-bond donors (Lipinski definition) is 1. The average molecular weight is 485 g/mol. The number of carbonyl (C=O) groups is 1. The van der Waals surface area contributed by atoms with Gasteiger partial charge in [-0.25, -0.2) is 4.99 Å². The lowest BCUT2D eigenvalue weighted by Gasteiger charge is -2.13. The van der Waals surface area contributed by atoms with Crippen LogP contribution in [0.2, 0.25) is 5.02 Å². The maximum atomic E-state index is 12.7. The van der Waals surface area contributed by atoms with Crippen LogP contribution in [-0.4, -0.2) is 11.1 Å². The first-order valence-electron chi connectivity index (χ1n) is 10.8. The second-order valence-corrected chi connectivity index (χ2v) is 9.40. The molecule has 4 nitrogen and oxygen atoms in total. The minimum Gasteiger partial charge on any atom is -0.488 e. The van der Waals surface area contributed by atoms with Crippen molar-refractivity contribution < 1.29 is 9.53 Å². The molecule has 0 bridgehead atoms. The summed E-state index contributed by atoms with van der Waals surface area (Å²) in [6.45, 7) is 2.50. The summed E-state index contributed by atoms with van der Waals surface area (Å²) in [5.74, 6) is 0.540. The third-order valence-electron chi connectivity index (χ3n) is 5.43. The van der Waals surface area contributed by atoms with Crippen molar-refractivity contribution in [2.24, 2.45) is 4.99 Å². The van der Waals surface area contributed by atoms with Crippen LogP contribution in [0.1, 0.15) is 16.7 Å². The SMILES string of the molecule is Cc1ccc(COc2ccc3ccccc3c2/C=C2\SC(=Nc3ccc(Cl)cc3)NC2=O)cc1. The highest BCUT2D eigenvalue weighted by molar-refractivity contribution is 8.18. The maximum absolute atomic E-state index is 12.7. The van der Waals surface area contributed by atoms with E-state index in [1.807, 2.05) is 48.5 Å². The number of amidine groups is 1. The smallest absolute Gasteiger partial charge is 0.264 e. The Morgan fingerprint density at radius 2 is 1.74 bits per heavy atom. The number of halogens is 1. The Morgan fingerprint density at radius 3 is 2.53 bits per heavy atom. The zero-order chi connectivity index (χ0) is 23.5. The Hall–Kier alpha value is -3.54. The van der Waals surface area contributed by atoms with Crippen molar-refractivity contribution in [3.8, 4) is 5.75 Å². The van der Waals surface area contributed by atoms with Crippen LogP contribution in [0, 0.1) is 6.92 Å². The third-order valence-corrected chi connectivity index (χ3v) is 6.59. The summed E-state index contributed by atoms with van der Waals surface area (Å²) in [5, 5.41) is 6.12. The van der Waals surface area contributed by atoms with E-state index in [0.717, 1.165) is 33.3 Å². The normalized spacial score (nSPS) is 15.8. The Bertz CT molecular complexity index is 1430. The summed E-state index contributed by atoms with van der Waals surface area (Å²) < 4.78 is 6.22. The first kappa shape index (κ1) is 22.3. The zero-order valence-electron chi connectivity index (χ0n) is 18.4. The number of fused-ring (bicyclic) bond motifs is 1. The Kier molecular flexibility index (Phi) is 6.39. The van der Waals surface area contributed by atoms with Crippen LogP contribution < -0.4 is 10.1 Å². The number of nitrogens with zero attached hydrogens (tertiary/aromatic N) is 1. The van der Waals surface area contributed by atoms with Gasteiger partial charge in [0.05, 0.1) is 10.6 Å². The molecule has 1 aliphatic rings. The van der Waals surface area contributed by atoms with Gasteiger partial charge in [0.25, 0.3) is 5.91 Å². The van der Waals surface area contributed by atoms with Crippen LogP contribution in [0.3, 0.4) is 0 Å². The molecular formula is C28H21ClN2O2S. The van der Waals surface area contributed by atoms with Crippen LogP contribution in [0.4, 0.5) is 5.69 Å². The summed E-state index contributed by atoms with van der Waals surface area (Å²) in [6, 6.07) is 27.5. The van der Waals surface area contributed by atoms with Crippen molar-refractivity contribution in [1.82, 2.24) is 5.32 Å². The molecule has 1 aliphatic heterocycles. The van der Waals surface area contributed by atoms with Crippen LogP contribution >= 0.6 is 23.4 Å². The van der Waals surface area contributed by atoms with Gasteiger partial charge in [-0.3, -0.25) is 4.79 Å². The largest absolute Gasteiger partial charge is 0.488 e. The van der Waals surface area contributed by atoms with Gasteiger partial charge in [0.2, 0.25) is 0 Å². The second kappa shape index (κ2) is 9.75. The molecule has 0 spiro atoms. The van der Waals surface area contributed by atoms with Crippen LogP contribution in [-0.2, 0) is 11.4 Å². The predicted octanol–water partition coefficient (Wildman–Crippen LogP) is 7.27. The number of ether oxygens (including phenoxy) is 1. The summed E-state index contributed by atoms with van der Waals surface area (Å²) in [4.78, 5) is 17.8. The number of thioether (sulfide) groups is 1. The highest BCUT2D eigenvalue weighted by Gasteiger charge is 2.25. The van der Waals surface area contributed by atoms with Crippen LogP contribution in [0.25, 0.3) is 16.8 Å². The topological polar surface area (TPSA) is 50.7 Å². The van der Waals surface area contributed by atoms with Crippen LogP contribution in [0.15, 0.2) is 94.8 Å². The van der Waals surface area contributed by atoms with E-state index in [9.17, 15) is 4.79 Å². The molecule has 1 heterocycles. The molecule has 4 aromatic rings. The lowest BCUT2D eigenvalue weighted by Crippen LogP contribution is -2.19. The van der Waals surface area contributed by atoms with Gasteiger partial charge in [0.15, 0.2) is 5.17 Å². The number of aryl methyl sites for hydroxylation is 1. The monoisotopic (exact) mass is 484 g/mol. The quantitative estimate of drug-likeness (QED) is 0.303. The fourth-order valence-corrected chi connectivity index (χ4v) is 4.59. The molecule has 34 heavy (non-hydrogen) atoms. The molecule has 1 amide bonds. The number of nitrogens with one attached hydrogen (secondary N) is 1. The van der Waals surface area contributed by atoms with E-state index in [1.165, 1.54) is 17.3 Å². The molecule has 0 radical (unpaired) electrons. The van der Waals surface area contributed by atoms with E-state index in [2.05, 4.69) is 47.6 Å². The van der Waals surface area contributed by atoms with Gasteiger partial charge in [-0.05, 0) is 71.4 Å². The number of hydrogen-bond acceptors (Lipinski definition) is 4. The standard InChI is InChI=1S/C28H21ClN2O2S/c1-18-6-8-19(9-7-18)17-33-25-15-10-20-4-2-3-5-23(20)24(25)16-26-27(32)31-28(34-26)30-22-13-11-21(29)12-14-22/h2-16H,17H2,1H3,(H,30,31,32)/b26-16-. The first-order valence-corrected chi connectivity index (χ1v) is 12.0. The molecule has 0 atom stereocenters. The summed E-state index contributed by atoms with van der Waals surface area (Å²) >= 11 is 7.26. The Morgan fingerprint density at radius 1 is 0.971 bits per heavy atom. The van der Waals surface area contributed by atoms with Crippen molar-refractivity contribution in [3.05, 3.63) is 112 Å². The molecule has 0 saturated carbocycles. The van der Waals surface area contributed by atoms with Gasteiger partial charge in [-0.1, -0.05) is 71.8 Å². The molecule has 168 valence electrons. The van der Waals surface area contributed by atoms with Gasteiger partial charge in [-0.2, -0.15) is 0 Å². The minimum absolute atomic E-state index is 0.185. The van der Waals surface area contributed by atoms with Crippen molar-refractivity contribution in [2.45, 2.75) is 13.5 Å². The zero-order valence-corrected chi connectivity index (χ0v) is 20.0. The van der Waals surface area contributed by atoms with Gasteiger partial charge < -0.3 is 10.1 Å². The molecule has 5 rings (SSSR count). The van der Waals surface area contributed by atoms with E-state index >= 15 is 0 Å². The van der Waals surface area contributed by atoms with Crippen molar-refractivity contribution >= 4 is 57.0 Å². The molecule has 0 aromatic heterocycles. The second-order valence-electron chi connectivity index (χ2n) is 7.93. The van der Waals surface area contributed by atoms with Crippen LogP contribution in [0.5, 0.6) is 5.75 Å². The lowest BCUT2D eigenvalue weighted by molar-refractivity contribution is -0.115. The summed E-state index contributed by atoms with van der Waals surface area (Å²) in [6.07, 6.45) is 1.89. The molecule has 6 heteroatoms. The molecule has 4 aromatic carbocycles. The van der Waals surface area contributed by atoms with Crippen molar-refractivity contribution in [2.75, 3.05) is 0 Å². The average Bonchev–Trinajstić information content (AvgIpc) is 3.19. The molecular weight excluding hydrogens is 464 g/mol. The highest BCUT2D eigenvalue weighted by atomic mass is 35.5. The number of amides is 1. The Labute approximate surface area is 207 Å². The first-order chi connectivity index (χ1) is 16.5. The fourth-order valence-electron chi connectivity index (χ4n) is 3.64. The predicted molar refractivity (Wildman–Crippen MR) is 142 cm³/mol. The lowest BCUT2D eigenvalue weighted by atomic mass is 10.0. The highest BCUT2D eigenvalue weighted by Crippen LogP contribution is 2.35. The number of aliphatic imine (C=N–C) groups is 1. The van der Waals surface area contributed by atoms with E-state index in [-0.39, 0.29) is 5.91 Å². The summed E-state index contributed by atoms with van der Waals surface area (Å²) in [5.41, 5.74) is 3.89. The van der Waals surface area contributed by atoms with Gasteiger partial charge in [0, 0.05) is 10.6 Å². The van der Waals surface area contributed by atoms with E-state index in [4.69, 9.17) is 16.3 Å². The number of benzene rings is 4. The van der Waals surface area contributed by atoms with Gasteiger partial charge in [0.1, 0.15) is 12.4 Å². The van der Waals surface area contributed by atoms with Crippen molar-refractivity contribution in [3.63, 3.8) is 0 Å². The van der Waals surface area contributed by atoms with E-state index in [0.29, 0.717) is 21.7 Å². The minimum atomic E-state index is -0.185. The number of rotatable bonds is 5. The molecule has 1 fully saturated rings. The molecule has 0 unspecified atom stereocenters. The number of carbonyl (C=O) groups excluding carboxylic acids is 1. The third kappa shape index (κ3) is 5.01. The maximum Gasteiger partial charge on any atom is 0.264 e. The van der Waals surface area contributed by atoms with E-state index in [1.54, 1.807) is 12.1 Å². The van der Waals surface area contributed by atoms with Gasteiger partial charge >= 0.3 is 0 Å². The Balaban J connectivity index is 1.47. The van der Waals surface area contributed by atoms with Gasteiger partial charge in [-0.15, -0.1) is 0 Å². The molecule has 1 saturated heterocycles. The van der Waals surface area contributed by atoms with Crippen molar-refractivity contribution in [1.29, 1.82) is 0 Å². The molecule has 0 aliphatic carbocycles. The fraction of sp³-hybridized carbons (Fsp3) is 0.0714. The van der Waals surface area contributed by atoms with E-state index < -0.39 is 0 Å².